The molecule has 0 aliphatic carbocycles. The van der Waals surface area contributed by atoms with Gasteiger partial charge in [-0.05, 0) is 19.3 Å². The summed E-state index contributed by atoms with van der Waals surface area (Å²) in [4.78, 5) is 32.8. The van der Waals surface area contributed by atoms with E-state index in [1.165, 1.54) is 6.92 Å². The van der Waals surface area contributed by atoms with Gasteiger partial charge in [-0.3, -0.25) is 14.7 Å². The van der Waals surface area contributed by atoms with Crippen molar-refractivity contribution in [2.45, 2.75) is 39.7 Å². The molecule has 0 aromatic carbocycles. The van der Waals surface area contributed by atoms with E-state index in [4.69, 9.17) is 4.74 Å². The number of rotatable bonds is 8. The van der Waals surface area contributed by atoms with Crippen LogP contribution in [0, 0.1) is 5.92 Å². The number of ether oxygens (including phenoxy) is 1. The Hall–Kier alpha value is -1.73. The minimum absolute atomic E-state index is 0.0137. The van der Waals surface area contributed by atoms with E-state index in [1.807, 2.05) is 0 Å². The van der Waals surface area contributed by atoms with Crippen LogP contribution in [0.15, 0.2) is 16.8 Å². The highest BCUT2D eigenvalue weighted by Crippen LogP contribution is 2.16. The lowest BCUT2D eigenvalue weighted by Gasteiger charge is -2.28. The molecule has 1 atom stereocenters. The number of urea groups is 1. The molecule has 0 saturated carbocycles. The van der Waals surface area contributed by atoms with E-state index in [9.17, 15) is 9.59 Å². The van der Waals surface area contributed by atoms with Crippen LogP contribution in [0.5, 0.6) is 0 Å². The number of carbonyl (C=O) groups is 2. The van der Waals surface area contributed by atoms with Gasteiger partial charge in [0.25, 0.3) is 0 Å². The fourth-order valence-electron chi connectivity index (χ4n) is 3.05. The molecule has 146 valence electrons. The van der Waals surface area contributed by atoms with Crippen molar-refractivity contribution >= 4 is 17.5 Å². The van der Waals surface area contributed by atoms with Crippen molar-refractivity contribution in [2.24, 2.45) is 10.9 Å². The number of nitrogens with zero attached hydrogens (tertiary/aromatic N) is 3. The van der Waals surface area contributed by atoms with Crippen LogP contribution >= 0.6 is 0 Å². The number of likely N-dealkylation sites (N-methyl/N-ethyl adjacent to an activating group) is 1. The molecule has 1 fully saturated rings. The number of morpholine rings is 1. The molecule has 1 saturated heterocycles. The van der Waals surface area contributed by atoms with Crippen LogP contribution in [0.25, 0.3) is 0 Å². The Balaban J connectivity index is 1.81. The van der Waals surface area contributed by atoms with Crippen LogP contribution in [0.1, 0.15) is 33.6 Å². The molecule has 0 spiro atoms. The largest absolute Gasteiger partial charge is 0.379 e. The minimum atomic E-state index is -0.458. The number of aliphatic imine (C=N–C) groups is 1. The van der Waals surface area contributed by atoms with E-state index in [0.29, 0.717) is 18.9 Å². The second-order valence-electron chi connectivity index (χ2n) is 7.37. The molecule has 0 aromatic heterocycles. The summed E-state index contributed by atoms with van der Waals surface area (Å²) >= 11 is 0. The number of hydrogen-bond donors (Lipinski definition) is 1. The molecule has 0 bridgehead atoms. The number of nitrogens with one attached hydrogen (secondary N) is 1. The van der Waals surface area contributed by atoms with Gasteiger partial charge >= 0.3 is 6.03 Å². The molecule has 0 aromatic rings. The maximum absolute atomic E-state index is 12.5. The molecule has 7 nitrogen and oxygen atoms in total. The van der Waals surface area contributed by atoms with E-state index >= 15 is 0 Å². The topological polar surface area (TPSA) is 74.2 Å². The summed E-state index contributed by atoms with van der Waals surface area (Å²) in [6, 6.07) is -0.693. The highest BCUT2D eigenvalue weighted by Gasteiger charge is 2.22. The Labute approximate surface area is 156 Å². The first-order chi connectivity index (χ1) is 12.4. The third kappa shape index (κ3) is 6.21. The Morgan fingerprint density at radius 3 is 2.62 bits per heavy atom. The predicted octanol–water partition coefficient (Wildman–Crippen LogP) is 1.69. The van der Waals surface area contributed by atoms with Crippen molar-refractivity contribution in [2.75, 3.05) is 46.4 Å². The van der Waals surface area contributed by atoms with Crippen LogP contribution in [0.4, 0.5) is 4.79 Å². The second-order valence-corrected chi connectivity index (χ2v) is 7.37. The molecule has 2 heterocycles. The molecule has 0 radical (unpaired) electrons. The molecule has 2 amide bonds. The minimum Gasteiger partial charge on any atom is -0.379 e. The van der Waals surface area contributed by atoms with Crippen LogP contribution < -0.4 is 5.32 Å². The van der Waals surface area contributed by atoms with E-state index in [-0.39, 0.29) is 11.8 Å². The second kappa shape index (κ2) is 9.83. The van der Waals surface area contributed by atoms with Gasteiger partial charge in [0.1, 0.15) is 0 Å². The number of amides is 2. The lowest BCUT2D eigenvalue weighted by atomic mass is 10.1. The molecule has 2 aliphatic rings. The first-order valence-corrected chi connectivity index (χ1v) is 9.45. The van der Waals surface area contributed by atoms with Crippen molar-refractivity contribution in [1.29, 1.82) is 0 Å². The lowest BCUT2D eigenvalue weighted by Crippen LogP contribution is -2.48. The number of allylic oxidation sites excluding steroid dienone is 1. The number of carbonyl (C=O) groups excluding carboxylic acids is 2. The Morgan fingerprint density at radius 1 is 1.35 bits per heavy atom. The van der Waals surface area contributed by atoms with Crippen LogP contribution in [-0.4, -0.2) is 79.8 Å². The van der Waals surface area contributed by atoms with Crippen molar-refractivity contribution in [3.8, 4) is 0 Å². The van der Waals surface area contributed by atoms with E-state index < -0.39 is 6.04 Å². The number of Topliss-reactive ketones (excluding diaryl/α,β-unsaturated/α-hetero) is 1. The summed E-state index contributed by atoms with van der Waals surface area (Å²) in [6.45, 7) is 10.2. The molecule has 1 N–H and O–H groups in total. The van der Waals surface area contributed by atoms with Crippen molar-refractivity contribution in [3.05, 3.63) is 11.8 Å². The molecule has 7 heteroatoms. The molecule has 0 unspecified atom stereocenters. The molecule has 2 rings (SSSR count). The Bertz CT molecular complexity index is 565. The van der Waals surface area contributed by atoms with Gasteiger partial charge in [0, 0.05) is 38.8 Å². The van der Waals surface area contributed by atoms with E-state index in [2.05, 4.69) is 35.1 Å². The lowest BCUT2D eigenvalue weighted by molar-refractivity contribution is -0.119. The van der Waals surface area contributed by atoms with Crippen LogP contribution in [-0.2, 0) is 9.53 Å². The molecule has 26 heavy (non-hydrogen) atoms. The fourth-order valence-corrected chi connectivity index (χ4v) is 3.05. The summed E-state index contributed by atoms with van der Waals surface area (Å²) in [6.07, 6.45) is 3.55. The van der Waals surface area contributed by atoms with Crippen LogP contribution in [0.3, 0.4) is 0 Å². The van der Waals surface area contributed by atoms with Gasteiger partial charge in [-0.1, -0.05) is 19.9 Å². The zero-order valence-electron chi connectivity index (χ0n) is 16.5. The zero-order valence-corrected chi connectivity index (χ0v) is 16.5. The first kappa shape index (κ1) is 20.6. The number of ketones is 1. The third-order valence-electron chi connectivity index (χ3n) is 4.87. The van der Waals surface area contributed by atoms with Gasteiger partial charge in [0.2, 0.25) is 0 Å². The summed E-state index contributed by atoms with van der Waals surface area (Å²) in [5, 5.41) is 2.87. The summed E-state index contributed by atoms with van der Waals surface area (Å²) in [5.41, 5.74) is 2.07. The maximum Gasteiger partial charge on any atom is 0.318 e. The van der Waals surface area contributed by atoms with Gasteiger partial charge in [0.15, 0.2) is 5.78 Å². The average Bonchev–Trinajstić information content (AvgIpc) is 3.07. The van der Waals surface area contributed by atoms with Gasteiger partial charge in [-0.25, -0.2) is 4.79 Å². The van der Waals surface area contributed by atoms with Gasteiger partial charge in [0.05, 0.1) is 31.5 Å². The smallest absolute Gasteiger partial charge is 0.318 e. The monoisotopic (exact) mass is 364 g/mol. The van der Waals surface area contributed by atoms with E-state index in [0.717, 1.165) is 50.7 Å². The first-order valence-electron chi connectivity index (χ1n) is 9.45. The SMILES string of the molecule is CC(=O)[C@H](CCN1CCOCC1)NC(=O)N(C)CC1=CCC(C(C)C)=N1. The molecular formula is C19H32N4O3. The summed E-state index contributed by atoms with van der Waals surface area (Å²) in [7, 11) is 1.73. The highest BCUT2D eigenvalue weighted by atomic mass is 16.5. The standard InChI is InChI=1S/C19H32N4O3/c1-14(2)17-6-5-16(20-17)13-22(4)19(25)21-18(15(3)24)7-8-23-9-11-26-12-10-23/h5,14,18H,6-13H2,1-4H3,(H,21,25)/t18-/m0/s1. The van der Waals surface area contributed by atoms with E-state index in [1.54, 1.807) is 11.9 Å². The Kier molecular flexibility index (Phi) is 7.78. The zero-order chi connectivity index (χ0) is 19.1. The molecular weight excluding hydrogens is 332 g/mol. The van der Waals surface area contributed by atoms with Gasteiger partial charge < -0.3 is 15.0 Å². The summed E-state index contributed by atoms with van der Waals surface area (Å²) < 4.78 is 5.33. The van der Waals surface area contributed by atoms with Crippen LogP contribution in [0.2, 0.25) is 0 Å². The quantitative estimate of drug-likeness (QED) is 0.711. The predicted molar refractivity (Wildman–Crippen MR) is 102 cm³/mol. The average molecular weight is 364 g/mol. The van der Waals surface area contributed by atoms with Crippen molar-refractivity contribution < 1.29 is 14.3 Å². The molecule has 2 aliphatic heterocycles. The number of hydrogen-bond acceptors (Lipinski definition) is 5. The summed E-state index contributed by atoms with van der Waals surface area (Å²) in [5.74, 6) is 0.408. The van der Waals surface area contributed by atoms with Crippen molar-refractivity contribution in [3.63, 3.8) is 0 Å². The third-order valence-corrected chi connectivity index (χ3v) is 4.87. The Morgan fingerprint density at radius 2 is 2.04 bits per heavy atom. The van der Waals surface area contributed by atoms with Gasteiger partial charge in [-0.15, -0.1) is 0 Å². The normalized spacial score (nSPS) is 19.1. The highest BCUT2D eigenvalue weighted by molar-refractivity contribution is 5.90. The fraction of sp³-hybridized carbons (Fsp3) is 0.737. The maximum atomic E-state index is 12.5. The van der Waals surface area contributed by atoms with Gasteiger partial charge in [-0.2, -0.15) is 0 Å². The van der Waals surface area contributed by atoms with Crippen molar-refractivity contribution in [1.82, 2.24) is 15.1 Å².